The summed E-state index contributed by atoms with van der Waals surface area (Å²) in [6.07, 6.45) is 3.86. The normalized spacial score (nSPS) is 12.1. The first-order chi connectivity index (χ1) is 10.3. The lowest BCUT2D eigenvalue weighted by Crippen LogP contribution is -2.25. The first-order valence-corrected chi connectivity index (χ1v) is 7.53. The van der Waals surface area contributed by atoms with Gasteiger partial charge < -0.3 is 10.1 Å². The fourth-order valence-electron chi connectivity index (χ4n) is 2.57. The summed E-state index contributed by atoms with van der Waals surface area (Å²) in [6.45, 7) is 5.25. The molecule has 1 aromatic carbocycles. The zero-order valence-electron chi connectivity index (χ0n) is 13.1. The summed E-state index contributed by atoms with van der Waals surface area (Å²) in [5.74, 6) is 0.947. The minimum absolute atomic E-state index is 0.259. The van der Waals surface area contributed by atoms with E-state index < -0.39 is 0 Å². The second kappa shape index (κ2) is 7.79. The molecule has 3 heteroatoms. The van der Waals surface area contributed by atoms with Crippen LogP contribution in [0.3, 0.4) is 0 Å². The largest absolute Gasteiger partial charge is 0.496 e. The van der Waals surface area contributed by atoms with Gasteiger partial charge in [0.2, 0.25) is 0 Å². The molecule has 21 heavy (non-hydrogen) atoms. The minimum Gasteiger partial charge on any atom is -0.496 e. The second-order valence-corrected chi connectivity index (χ2v) is 5.20. The number of hydrogen-bond donors (Lipinski definition) is 1. The topological polar surface area (TPSA) is 34.1 Å². The number of nitrogens with one attached hydrogen (secondary N) is 1. The Morgan fingerprint density at radius 1 is 1.19 bits per heavy atom. The number of ether oxygens (including phenoxy) is 1. The van der Waals surface area contributed by atoms with E-state index in [2.05, 4.69) is 42.3 Å². The molecule has 112 valence electrons. The summed E-state index contributed by atoms with van der Waals surface area (Å²) >= 11 is 0. The first-order valence-electron chi connectivity index (χ1n) is 7.53. The smallest absolute Gasteiger partial charge is 0.122 e. The van der Waals surface area contributed by atoms with Gasteiger partial charge in [-0.3, -0.25) is 4.98 Å². The monoisotopic (exact) mass is 284 g/mol. The number of pyridine rings is 1. The lowest BCUT2D eigenvalue weighted by atomic mass is 9.97. The molecule has 2 aromatic rings. The number of rotatable bonds is 7. The highest BCUT2D eigenvalue weighted by atomic mass is 16.5. The van der Waals surface area contributed by atoms with Crippen LogP contribution < -0.4 is 10.1 Å². The van der Waals surface area contributed by atoms with Gasteiger partial charge in [0.25, 0.3) is 0 Å². The highest BCUT2D eigenvalue weighted by Crippen LogP contribution is 2.26. The van der Waals surface area contributed by atoms with Gasteiger partial charge in [-0.1, -0.05) is 31.2 Å². The van der Waals surface area contributed by atoms with E-state index in [-0.39, 0.29) is 6.04 Å². The van der Waals surface area contributed by atoms with E-state index in [4.69, 9.17) is 4.74 Å². The Morgan fingerprint density at radius 2 is 2.00 bits per heavy atom. The maximum absolute atomic E-state index is 5.47. The molecule has 0 aliphatic carbocycles. The van der Waals surface area contributed by atoms with Crippen molar-refractivity contribution in [2.75, 3.05) is 13.7 Å². The molecule has 0 fully saturated rings. The third kappa shape index (κ3) is 4.05. The number of aromatic nitrogens is 1. The van der Waals surface area contributed by atoms with Gasteiger partial charge in [-0.05, 0) is 49.6 Å². The zero-order valence-corrected chi connectivity index (χ0v) is 13.1. The van der Waals surface area contributed by atoms with Crippen LogP contribution >= 0.6 is 0 Å². The van der Waals surface area contributed by atoms with Crippen molar-refractivity contribution in [2.24, 2.45) is 0 Å². The van der Waals surface area contributed by atoms with Crippen LogP contribution in [0, 0.1) is 6.92 Å². The van der Waals surface area contributed by atoms with E-state index in [1.165, 1.54) is 11.1 Å². The number of benzene rings is 1. The lowest BCUT2D eigenvalue weighted by Gasteiger charge is -2.21. The van der Waals surface area contributed by atoms with Crippen molar-refractivity contribution in [3.05, 3.63) is 59.4 Å². The van der Waals surface area contributed by atoms with Gasteiger partial charge in [0.15, 0.2) is 0 Å². The lowest BCUT2D eigenvalue weighted by molar-refractivity contribution is 0.405. The fraction of sp³-hybridized carbons (Fsp3) is 0.389. The van der Waals surface area contributed by atoms with Gasteiger partial charge in [-0.15, -0.1) is 0 Å². The Hall–Kier alpha value is -1.87. The van der Waals surface area contributed by atoms with Crippen LogP contribution in [-0.2, 0) is 6.42 Å². The molecule has 1 unspecified atom stereocenters. The number of para-hydroxylation sites is 1. The molecule has 0 amide bonds. The molecule has 0 saturated carbocycles. The molecule has 1 heterocycles. The highest BCUT2D eigenvalue weighted by molar-refractivity contribution is 5.35. The van der Waals surface area contributed by atoms with Crippen LogP contribution in [0.25, 0.3) is 0 Å². The van der Waals surface area contributed by atoms with E-state index in [1.807, 2.05) is 24.4 Å². The third-order valence-corrected chi connectivity index (χ3v) is 3.68. The van der Waals surface area contributed by atoms with Crippen LogP contribution in [-0.4, -0.2) is 18.6 Å². The van der Waals surface area contributed by atoms with Gasteiger partial charge in [-0.25, -0.2) is 0 Å². The van der Waals surface area contributed by atoms with Crippen molar-refractivity contribution in [3.8, 4) is 5.75 Å². The van der Waals surface area contributed by atoms with Crippen molar-refractivity contribution in [1.82, 2.24) is 10.3 Å². The van der Waals surface area contributed by atoms with Gasteiger partial charge in [0, 0.05) is 17.9 Å². The number of hydrogen-bond acceptors (Lipinski definition) is 3. The molecule has 2 rings (SSSR count). The zero-order chi connectivity index (χ0) is 15.1. The quantitative estimate of drug-likeness (QED) is 0.842. The van der Waals surface area contributed by atoms with Crippen LogP contribution in [0.5, 0.6) is 5.75 Å². The molecule has 3 nitrogen and oxygen atoms in total. The Morgan fingerprint density at radius 3 is 2.71 bits per heavy atom. The predicted molar refractivity (Wildman–Crippen MR) is 86.7 cm³/mol. The molecule has 1 aromatic heterocycles. The van der Waals surface area contributed by atoms with E-state index in [0.29, 0.717) is 0 Å². The summed E-state index contributed by atoms with van der Waals surface area (Å²) < 4.78 is 5.47. The molecule has 1 atom stereocenters. The van der Waals surface area contributed by atoms with Crippen LogP contribution in [0.4, 0.5) is 0 Å². The number of nitrogens with zero attached hydrogens (tertiary/aromatic N) is 1. The Balaban J connectivity index is 2.26. The standard InChI is InChI=1S/C18H24N2O/c1-4-11-20-17(16-9-7-12-19-14(16)2)13-15-8-5-6-10-18(15)21-3/h5-10,12,17,20H,4,11,13H2,1-3H3. The molecule has 0 aliphatic heterocycles. The first kappa shape index (κ1) is 15.5. The highest BCUT2D eigenvalue weighted by Gasteiger charge is 2.16. The van der Waals surface area contributed by atoms with Crippen molar-refractivity contribution in [3.63, 3.8) is 0 Å². The molecular formula is C18H24N2O. The molecule has 0 aliphatic rings. The molecule has 0 saturated heterocycles. The minimum atomic E-state index is 0.259. The molecular weight excluding hydrogens is 260 g/mol. The Bertz CT molecular complexity index is 569. The maximum Gasteiger partial charge on any atom is 0.122 e. The number of aryl methyl sites for hydroxylation is 1. The summed E-state index contributed by atoms with van der Waals surface area (Å²) in [5.41, 5.74) is 3.56. The summed E-state index contributed by atoms with van der Waals surface area (Å²) in [4.78, 5) is 4.42. The van der Waals surface area contributed by atoms with E-state index >= 15 is 0 Å². The van der Waals surface area contributed by atoms with E-state index in [9.17, 15) is 0 Å². The van der Waals surface area contributed by atoms with E-state index in [1.54, 1.807) is 7.11 Å². The van der Waals surface area contributed by atoms with Gasteiger partial charge >= 0.3 is 0 Å². The summed E-state index contributed by atoms with van der Waals surface area (Å²) in [6, 6.07) is 12.6. The second-order valence-electron chi connectivity index (χ2n) is 5.20. The number of methoxy groups -OCH3 is 1. The van der Waals surface area contributed by atoms with Crippen molar-refractivity contribution >= 4 is 0 Å². The van der Waals surface area contributed by atoms with Crippen LogP contribution in [0.1, 0.15) is 36.2 Å². The van der Waals surface area contributed by atoms with Crippen molar-refractivity contribution in [1.29, 1.82) is 0 Å². The maximum atomic E-state index is 5.47. The van der Waals surface area contributed by atoms with Gasteiger partial charge in [-0.2, -0.15) is 0 Å². The summed E-state index contributed by atoms with van der Waals surface area (Å²) in [5, 5.41) is 3.63. The predicted octanol–water partition coefficient (Wildman–Crippen LogP) is 3.68. The molecule has 0 bridgehead atoms. The summed E-state index contributed by atoms with van der Waals surface area (Å²) in [7, 11) is 1.72. The van der Waals surface area contributed by atoms with Gasteiger partial charge in [0.1, 0.15) is 5.75 Å². The van der Waals surface area contributed by atoms with Gasteiger partial charge in [0.05, 0.1) is 7.11 Å². The average Bonchev–Trinajstić information content (AvgIpc) is 2.52. The van der Waals surface area contributed by atoms with Crippen molar-refractivity contribution in [2.45, 2.75) is 32.7 Å². The van der Waals surface area contributed by atoms with E-state index in [0.717, 1.165) is 30.8 Å². The third-order valence-electron chi connectivity index (χ3n) is 3.68. The molecule has 0 radical (unpaired) electrons. The average molecular weight is 284 g/mol. The SMILES string of the molecule is CCCNC(Cc1ccccc1OC)c1cccnc1C. The van der Waals surface area contributed by atoms with Crippen LogP contribution in [0.15, 0.2) is 42.6 Å². The van der Waals surface area contributed by atoms with Crippen molar-refractivity contribution < 1.29 is 4.74 Å². The molecule has 1 N–H and O–H groups in total. The van der Waals surface area contributed by atoms with Crippen LogP contribution in [0.2, 0.25) is 0 Å². The Labute approximate surface area is 127 Å². The fourth-order valence-corrected chi connectivity index (χ4v) is 2.57. The Kier molecular flexibility index (Phi) is 5.76. The molecule has 0 spiro atoms.